The van der Waals surface area contributed by atoms with E-state index in [2.05, 4.69) is 45.2 Å². The average molecular weight is 398 g/mol. The van der Waals surface area contributed by atoms with Crippen LogP contribution in [0.5, 0.6) is 0 Å². The Morgan fingerprint density at radius 3 is 2.35 bits per heavy atom. The summed E-state index contributed by atoms with van der Waals surface area (Å²) in [4.78, 5) is 14.3. The minimum absolute atomic E-state index is 0. The van der Waals surface area contributed by atoms with Crippen LogP contribution in [0.25, 0.3) is 0 Å². The van der Waals surface area contributed by atoms with Gasteiger partial charge in [-0.25, -0.2) is 0 Å². The van der Waals surface area contributed by atoms with Crippen LogP contribution >= 0.6 is 28.3 Å². The number of rotatable bonds is 7. The molecule has 0 aromatic heterocycles. The van der Waals surface area contributed by atoms with E-state index in [-0.39, 0.29) is 18.3 Å². The first kappa shape index (κ1) is 19.7. The largest absolute Gasteiger partial charge is 0.326 e. The fraction of sp³-hybridized carbons (Fsp3) is 0.278. The van der Waals surface area contributed by atoms with Crippen LogP contribution in [0.1, 0.15) is 18.9 Å². The van der Waals surface area contributed by atoms with Crippen LogP contribution in [0.4, 0.5) is 5.69 Å². The number of nitrogens with zero attached hydrogens (tertiary/aromatic N) is 1. The third-order valence-corrected chi connectivity index (χ3v) is 4.01. The van der Waals surface area contributed by atoms with Gasteiger partial charge in [0.2, 0.25) is 5.91 Å². The Morgan fingerprint density at radius 2 is 1.74 bits per heavy atom. The predicted molar refractivity (Wildman–Crippen MR) is 102 cm³/mol. The Morgan fingerprint density at radius 1 is 1.09 bits per heavy atom. The molecule has 0 saturated heterocycles. The van der Waals surface area contributed by atoms with Gasteiger partial charge in [0, 0.05) is 29.7 Å². The lowest BCUT2D eigenvalue weighted by molar-refractivity contribution is -0.116. The molecule has 0 heterocycles. The first-order valence-electron chi connectivity index (χ1n) is 7.49. The molecule has 0 aliphatic carbocycles. The number of nitrogens with one attached hydrogen (secondary N) is 1. The monoisotopic (exact) mass is 396 g/mol. The van der Waals surface area contributed by atoms with Crippen LogP contribution in [0, 0.1) is 0 Å². The summed E-state index contributed by atoms with van der Waals surface area (Å²) >= 11 is 3.38. The number of hydrogen-bond donors (Lipinski definition) is 1. The lowest BCUT2D eigenvalue weighted by atomic mass is 10.2. The molecule has 2 aromatic carbocycles. The lowest BCUT2D eigenvalue weighted by Gasteiger charge is -2.20. The molecule has 1 N–H and O–H groups in total. The first-order valence-corrected chi connectivity index (χ1v) is 8.28. The summed E-state index contributed by atoms with van der Waals surface area (Å²) in [5, 5.41) is 2.93. The van der Waals surface area contributed by atoms with Gasteiger partial charge < -0.3 is 5.32 Å². The summed E-state index contributed by atoms with van der Waals surface area (Å²) in [6.45, 7) is 4.69. The second-order valence-corrected chi connectivity index (χ2v) is 6.08. The highest BCUT2D eigenvalue weighted by Crippen LogP contribution is 2.14. The van der Waals surface area contributed by atoms with Gasteiger partial charge in [-0.3, -0.25) is 9.69 Å². The van der Waals surface area contributed by atoms with Gasteiger partial charge in [-0.05, 0) is 36.4 Å². The van der Waals surface area contributed by atoms with E-state index in [1.807, 2.05) is 42.5 Å². The number of carbonyl (C=O) groups is 1. The smallest absolute Gasteiger partial charge is 0.225 e. The van der Waals surface area contributed by atoms with Crippen LogP contribution in [0.15, 0.2) is 59.1 Å². The number of amides is 1. The van der Waals surface area contributed by atoms with Crippen LogP contribution in [-0.2, 0) is 11.3 Å². The van der Waals surface area contributed by atoms with Gasteiger partial charge >= 0.3 is 0 Å². The highest BCUT2D eigenvalue weighted by atomic mass is 79.9. The van der Waals surface area contributed by atoms with Gasteiger partial charge in [0.25, 0.3) is 0 Å². The molecule has 0 bridgehead atoms. The zero-order valence-corrected chi connectivity index (χ0v) is 15.6. The highest BCUT2D eigenvalue weighted by Gasteiger charge is 2.08. The molecule has 0 aliphatic heterocycles. The van der Waals surface area contributed by atoms with E-state index in [1.54, 1.807) is 0 Å². The molecule has 124 valence electrons. The molecule has 5 heteroatoms. The normalized spacial score (nSPS) is 10.2. The molecule has 0 fully saturated rings. The van der Waals surface area contributed by atoms with Gasteiger partial charge in [-0.2, -0.15) is 0 Å². The van der Waals surface area contributed by atoms with Crippen molar-refractivity contribution in [3.63, 3.8) is 0 Å². The Balaban J connectivity index is 0.00000264. The molecule has 2 rings (SSSR count). The van der Waals surface area contributed by atoms with E-state index in [0.717, 1.165) is 29.8 Å². The number of hydrogen-bond acceptors (Lipinski definition) is 2. The van der Waals surface area contributed by atoms with Crippen molar-refractivity contribution >= 4 is 39.9 Å². The molecule has 0 spiro atoms. The molecule has 0 saturated carbocycles. The summed E-state index contributed by atoms with van der Waals surface area (Å²) < 4.78 is 1.01. The summed E-state index contributed by atoms with van der Waals surface area (Å²) in [7, 11) is 0. The van der Waals surface area contributed by atoms with Crippen molar-refractivity contribution in [3.8, 4) is 0 Å². The molecule has 0 atom stereocenters. The van der Waals surface area contributed by atoms with Gasteiger partial charge in [0.1, 0.15) is 0 Å². The maximum Gasteiger partial charge on any atom is 0.225 e. The Kier molecular flexibility index (Phi) is 8.92. The van der Waals surface area contributed by atoms with Crippen molar-refractivity contribution in [2.75, 3.05) is 18.4 Å². The average Bonchev–Trinajstić information content (AvgIpc) is 2.54. The molecule has 3 nitrogen and oxygen atoms in total. The van der Waals surface area contributed by atoms with Crippen molar-refractivity contribution in [1.82, 2.24) is 4.90 Å². The number of benzene rings is 2. The molecule has 0 aliphatic rings. The zero-order valence-electron chi connectivity index (χ0n) is 13.2. The number of anilines is 1. The second-order valence-electron chi connectivity index (χ2n) is 5.16. The summed E-state index contributed by atoms with van der Waals surface area (Å²) in [6.07, 6.45) is 0.497. The van der Waals surface area contributed by atoms with Gasteiger partial charge in [0.15, 0.2) is 0 Å². The Hall–Kier alpha value is -1.36. The number of carbonyl (C=O) groups excluding carboxylic acids is 1. The third-order valence-electron chi connectivity index (χ3n) is 3.48. The minimum Gasteiger partial charge on any atom is -0.326 e. The van der Waals surface area contributed by atoms with E-state index in [0.29, 0.717) is 6.42 Å². The molecular weight excluding hydrogens is 376 g/mol. The molecule has 0 unspecified atom stereocenters. The maximum absolute atomic E-state index is 12.0. The van der Waals surface area contributed by atoms with Gasteiger partial charge in [-0.15, -0.1) is 12.4 Å². The zero-order chi connectivity index (χ0) is 15.8. The van der Waals surface area contributed by atoms with Crippen molar-refractivity contribution in [2.24, 2.45) is 0 Å². The Bertz CT molecular complexity index is 590. The molecular formula is C18H22BrClN2O. The van der Waals surface area contributed by atoms with Gasteiger partial charge in [-0.1, -0.05) is 53.2 Å². The summed E-state index contributed by atoms with van der Waals surface area (Å²) in [5.74, 6) is 0.0498. The molecule has 2 aromatic rings. The van der Waals surface area contributed by atoms with Crippen LogP contribution in [0.2, 0.25) is 0 Å². The maximum atomic E-state index is 12.0. The van der Waals surface area contributed by atoms with E-state index < -0.39 is 0 Å². The highest BCUT2D eigenvalue weighted by molar-refractivity contribution is 9.10. The van der Waals surface area contributed by atoms with Gasteiger partial charge in [0.05, 0.1) is 0 Å². The summed E-state index contributed by atoms with van der Waals surface area (Å²) in [6, 6.07) is 18.0. The van der Waals surface area contributed by atoms with E-state index in [1.165, 1.54) is 5.56 Å². The van der Waals surface area contributed by atoms with E-state index in [4.69, 9.17) is 0 Å². The third kappa shape index (κ3) is 7.16. The van der Waals surface area contributed by atoms with Crippen molar-refractivity contribution < 1.29 is 4.79 Å². The quantitative estimate of drug-likeness (QED) is 0.733. The fourth-order valence-electron chi connectivity index (χ4n) is 2.21. The molecule has 23 heavy (non-hydrogen) atoms. The Labute approximate surface area is 152 Å². The summed E-state index contributed by atoms with van der Waals surface area (Å²) in [5.41, 5.74) is 2.11. The van der Waals surface area contributed by atoms with Crippen LogP contribution in [-0.4, -0.2) is 23.9 Å². The standard InChI is InChI=1S/C18H21BrN2O.ClH/c1-2-21(14-15-6-4-3-5-7-15)13-12-18(22)20-17-10-8-16(19)9-11-17;/h3-11H,2,12-14H2,1H3,(H,20,22);1H. The predicted octanol–water partition coefficient (Wildman–Crippen LogP) is 4.72. The first-order chi connectivity index (χ1) is 10.7. The SMILES string of the molecule is CCN(CCC(=O)Nc1ccc(Br)cc1)Cc1ccccc1.Cl. The van der Waals surface area contributed by atoms with Crippen molar-refractivity contribution in [1.29, 1.82) is 0 Å². The second kappa shape index (κ2) is 10.4. The van der Waals surface area contributed by atoms with Crippen molar-refractivity contribution in [2.45, 2.75) is 19.9 Å². The minimum atomic E-state index is 0. The van der Waals surface area contributed by atoms with Crippen LogP contribution in [0.3, 0.4) is 0 Å². The number of halogens is 2. The lowest BCUT2D eigenvalue weighted by Crippen LogP contribution is -2.27. The van der Waals surface area contributed by atoms with Crippen molar-refractivity contribution in [3.05, 3.63) is 64.6 Å². The van der Waals surface area contributed by atoms with E-state index >= 15 is 0 Å². The van der Waals surface area contributed by atoms with E-state index in [9.17, 15) is 4.79 Å². The molecule has 1 amide bonds. The molecule has 0 radical (unpaired) electrons. The fourth-order valence-corrected chi connectivity index (χ4v) is 2.47. The topological polar surface area (TPSA) is 32.3 Å². The van der Waals surface area contributed by atoms with Crippen LogP contribution < -0.4 is 5.32 Å².